The molecule has 0 saturated heterocycles. The van der Waals surface area contributed by atoms with Gasteiger partial charge in [-0.1, -0.05) is 0 Å². The molecule has 2 aromatic heterocycles. The Hall–Kier alpha value is -2.45. The summed E-state index contributed by atoms with van der Waals surface area (Å²) in [6.45, 7) is 6.48. The van der Waals surface area contributed by atoms with Crippen LogP contribution >= 0.6 is 0 Å². The minimum atomic E-state index is -2.68. The number of halogens is 2. The van der Waals surface area contributed by atoms with Crippen molar-refractivity contribution < 1.29 is 22.7 Å². The second kappa shape index (κ2) is 5.88. The van der Waals surface area contributed by atoms with Gasteiger partial charge < -0.3 is 13.7 Å². The molecule has 130 valence electrons. The fourth-order valence-electron chi connectivity index (χ4n) is 2.41. The highest BCUT2D eigenvalue weighted by Crippen LogP contribution is 2.28. The Labute approximate surface area is 137 Å². The number of nitrogens with zero attached hydrogens (tertiary/aromatic N) is 4. The molecule has 0 spiro atoms. The number of fused-ring (bicyclic) bond motifs is 1. The van der Waals surface area contributed by atoms with Gasteiger partial charge in [-0.3, -0.25) is 4.90 Å². The van der Waals surface area contributed by atoms with Gasteiger partial charge in [0.15, 0.2) is 23.2 Å². The van der Waals surface area contributed by atoms with Crippen LogP contribution < -0.4 is 0 Å². The summed E-state index contributed by atoms with van der Waals surface area (Å²) < 4.78 is 37.5. The quantitative estimate of drug-likeness (QED) is 0.839. The second-order valence-corrected chi connectivity index (χ2v) is 6.50. The molecule has 1 aliphatic heterocycles. The van der Waals surface area contributed by atoms with Gasteiger partial charge in [0.1, 0.15) is 5.60 Å². The first-order valence-corrected chi connectivity index (χ1v) is 7.53. The fourth-order valence-corrected chi connectivity index (χ4v) is 2.41. The first-order valence-electron chi connectivity index (χ1n) is 7.53. The fraction of sp³-hybridized carbons (Fsp3) is 0.533. The van der Waals surface area contributed by atoms with Crippen molar-refractivity contribution in [2.75, 3.05) is 6.54 Å². The van der Waals surface area contributed by atoms with Crippen LogP contribution in [0, 0.1) is 0 Å². The van der Waals surface area contributed by atoms with Gasteiger partial charge >= 0.3 is 6.09 Å². The molecule has 1 aliphatic rings. The Balaban J connectivity index is 1.78. The molecule has 7 nitrogen and oxygen atoms in total. The molecule has 0 N–H and O–H groups in total. The van der Waals surface area contributed by atoms with E-state index < -0.39 is 23.9 Å². The van der Waals surface area contributed by atoms with E-state index in [1.807, 2.05) is 0 Å². The lowest BCUT2D eigenvalue weighted by atomic mass is 10.2. The van der Waals surface area contributed by atoms with E-state index in [0.717, 1.165) is 0 Å². The highest BCUT2D eigenvalue weighted by Gasteiger charge is 2.29. The summed E-state index contributed by atoms with van der Waals surface area (Å²) in [6.07, 6.45) is -3.10. The molecular weight excluding hydrogens is 322 g/mol. The molecule has 3 heterocycles. The maximum Gasteiger partial charge on any atom is 0.410 e. The van der Waals surface area contributed by atoms with Crippen molar-refractivity contribution in [2.45, 2.75) is 45.9 Å². The number of ether oxygens (including phenoxy) is 1. The van der Waals surface area contributed by atoms with E-state index in [1.54, 1.807) is 25.3 Å². The lowest BCUT2D eigenvalue weighted by molar-refractivity contribution is 0.0195. The predicted octanol–water partition coefficient (Wildman–Crippen LogP) is 3.23. The van der Waals surface area contributed by atoms with Gasteiger partial charge in [0.2, 0.25) is 0 Å². The maximum atomic E-state index is 12.6. The molecular formula is C15H18F2N4O3. The molecule has 0 unspecified atom stereocenters. The first kappa shape index (κ1) is 16.4. The van der Waals surface area contributed by atoms with Gasteiger partial charge in [0.05, 0.1) is 6.54 Å². The topological polar surface area (TPSA) is 73.4 Å². The van der Waals surface area contributed by atoms with Crippen LogP contribution in [0.1, 0.15) is 38.8 Å². The van der Waals surface area contributed by atoms with E-state index in [0.29, 0.717) is 24.7 Å². The van der Waals surface area contributed by atoms with Crippen molar-refractivity contribution in [3.8, 4) is 11.6 Å². The standard InChI is InChI=1S/C15H18F2N4O3/c1-15(2,3)24-14(22)20-6-7-21-11(8-20)18-19-13(21)10-5-4-9(23-10)12(16)17/h4-5,12H,6-8H2,1-3H3. The Morgan fingerprint density at radius 3 is 2.67 bits per heavy atom. The second-order valence-electron chi connectivity index (χ2n) is 6.50. The van der Waals surface area contributed by atoms with Crippen LogP contribution in [0.2, 0.25) is 0 Å². The summed E-state index contributed by atoms with van der Waals surface area (Å²) in [5.74, 6) is 0.751. The van der Waals surface area contributed by atoms with Crippen molar-refractivity contribution in [3.05, 3.63) is 23.7 Å². The largest absolute Gasteiger partial charge is 0.452 e. The minimum Gasteiger partial charge on any atom is -0.452 e. The molecule has 0 atom stereocenters. The Kier molecular flexibility index (Phi) is 4.02. The third-order valence-corrected chi connectivity index (χ3v) is 3.47. The molecule has 0 bridgehead atoms. The average Bonchev–Trinajstić information content (AvgIpc) is 3.11. The van der Waals surface area contributed by atoms with Crippen molar-refractivity contribution in [2.24, 2.45) is 0 Å². The monoisotopic (exact) mass is 340 g/mol. The highest BCUT2D eigenvalue weighted by atomic mass is 19.3. The first-order chi connectivity index (χ1) is 11.2. The SMILES string of the molecule is CC(C)(C)OC(=O)N1CCn2c(nnc2-c2ccc(C(F)F)o2)C1. The average molecular weight is 340 g/mol. The van der Waals surface area contributed by atoms with E-state index in [2.05, 4.69) is 10.2 Å². The van der Waals surface area contributed by atoms with Crippen molar-refractivity contribution in [3.63, 3.8) is 0 Å². The minimum absolute atomic E-state index is 0.231. The molecule has 3 rings (SSSR count). The summed E-state index contributed by atoms with van der Waals surface area (Å²) in [5, 5.41) is 8.04. The van der Waals surface area contributed by atoms with Gasteiger partial charge in [-0.2, -0.15) is 0 Å². The molecule has 0 radical (unpaired) electrons. The zero-order chi connectivity index (χ0) is 17.5. The molecule has 0 aromatic carbocycles. The van der Waals surface area contributed by atoms with Crippen LogP contribution in [-0.2, 0) is 17.8 Å². The van der Waals surface area contributed by atoms with Gasteiger partial charge in [-0.25, -0.2) is 13.6 Å². The number of alkyl halides is 2. The van der Waals surface area contributed by atoms with E-state index in [9.17, 15) is 13.6 Å². The predicted molar refractivity (Wildman–Crippen MR) is 79.3 cm³/mol. The van der Waals surface area contributed by atoms with Crippen LogP contribution in [0.5, 0.6) is 0 Å². The normalized spacial score (nSPS) is 14.8. The number of carbonyl (C=O) groups is 1. The number of rotatable bonds is 2. The zero-order valence-corrected chi connectivity index (χ0v) is 13.6. The van der Waals surface area contributed by atoms with Gasteiger partial charge in [-0.15, -0.1) is 10.2 Å². The van der Waals surface area contributed by atoms with Crippen LogP contribution in [0.4, 0.5) is 13.6 Å². The molecule has 9 heteroatoms. The van der Waals surface area contributed by atoms with Crippen molar-refractivity contribution in [1.82, 2.24) is 19.7 Å². The van der Waals surface area contributed by atoms with Gasteiger partial charge in [0.25, 0.3) is 6.43 Å². The molecule has 0 saturated carbocycles. The number of amides is 1. The Morgan fingerprint density at radius 1 is 1.29 bits per heavy atom. The number of hydrogen-bond donors (Lipinski definition) is 0. The van der Waals surface area contributed by atoms with Crippen molar-refractivity contribution in [1.29, 1.82) is 0 Å². The summed E-state index contributed by atoms with van der Waals surface area (Å²) >= 11 is 0. The van der Waals surface area contributed by atoms with E-state index in [-0.39, 0.29) is 12.3 Å². The smallest absolute Gasteiger partial charge is 0.410 e. The Morgan fingerprint density at radius 2 is 2.04 bits per heavy atom. The molecule has 1 amide bonds. The summed E-state index contributed by atoms with van der Waals surface area (Å²) in [5.41, 5.74) is -0.576. The van der Waals surface area contributed by atoms with Crippen LogP contribution in [0.25, 0.3) is 11.6 Å². The molecule has 2 aromatic rings. The van der Waals surface area contributed by atoms with E-state index >= 15 is 0 Å². The van der Waals surface area contributed by atoms with Crippen LogP contribution in [-0.4, -0.2) is 37.9 Å². The number of hydrogen-bond acceptors (Lipinski definition) is 5. The third kappa shape index (κ3) is 3.24. The number of aromatic nitrogens is 3. The summed E-state index contributed by atoms with van der Waals surface area (Å²) in [7, 11) is 0. The summed E-state index contributed by atoms with van der Waals surface area (Å²) in [6, 6.07) is 2.66. The van der Waals surface area contributed by atoms with Crippen LogP contribution in [0.15, 0.2) is 16.5 Å². The number of carbonyl (C=O) groups excluding carboxylic acids is 1. The van der Waals surface area contributed by atoms with Gasteiger partial charge in [-0.05, 0) is 32.9 Å². The Bertz CT molecular complexity index is 748. The van der Waals surface area contributed by atoms with E-state index in [4.69, 9.17) is 9.15 Å². The lowest BCUT2D eigenvalue weighted by Gasteiger charge is -2.30. The third-order valence-electron chi connectivity index (χ3n) is 3.47. The maximum absolute atomic E-state index is 12.6. The highest BCUT2D eigenvalue weighted by molar-refractivity contribution is 5.68. The summed E-state index contributed by atoms with van der Waals surface area (Å²) in [4.78, 5) is 13.7. The molecule has 0 aliphatic carbocycles. The zero-order valence-electron chi connectivity index (χ0n) is 13.6. The molecule has 0 fully saturated rings. The molecule has 24 heavy (non-hydrogen) atoms. The number of furan rings is 1. The lowest BCUT2D eigenvalue weighted by Crippen LogP contribution is -2.41. The van der Waals surface area contributed by atoms with Crippen molar-refractivity contribution >= 4 is 6.09 Å². The van der Waals surface area contributed by atoms with Crippen LogP contribution in [0.3, 0.4) is 0 Å². The van der Waals surface area contributed by atoms with E-state index in [1.165, 1.54) is 17.0 Å². The van der Waals surface area contributed by atoms with Gasteiger partial charge in [0, 0.05) is 13.1 Å².